The van der Waals surface area contributed by atoms with Crippen LogP contribution in [-0.2, 0) is 10.7 Å². The van der Waals surface area contributed by atoms with Crippen molar-refractivity contribution in [2.75, 3.05) is 0 Å². The third-order valence-electron chi connectivity index (χ3n) is 7.68. The van der Waals surface area contributed by atoms with E-state index in [1.54, 1.807) is 6.07 Å². The zero-order valence-corrected chi connectivity index (χ0v) is 17.2. The second-order valence-corrected chi connectivity index (χ2v) is 9.42. The van der Waals surface area contributed by atoms with Gasteiger partial charge in [0.1, 0.15) is 5.82 Å². The fraction of sp³-hybridized carbons (Fsp3) is 0.640. The van der Waals surface area contributed by atoms with Crippen LogP contribution in [0.5, 0.6) is 0 Å². The minimum atomic E-state index is -3.76. The zero-order chi connectivity index (χ0) is 20.6. The maximum atomic E-state index is 14.6. The predicted octanol–water partition coefficient (Wildman–Crippen LogP) is 7.39. The van der Waals surface area contributed by atoms with Crippen molar-refractivity contribution in [3.63, 3.8) is 0 Å². The van der Waals surface area contributed by atoms with Crippen LogP contribution in [0.1, 0.15) is 93.7 Å². The van der Waals surface area contributed by atoms with Crippen molar-refractivity contribution in [3.05, 3.63) is 40.7 Å². The van der Waals surface area contributed by atoms with Gasteiger partial charge in [-0.2, -0.15) is 8.78 Å². The van der Waals surface area contributed by atoms with Crippen LogP contribution in [0.2, 0.25) is 0 Å². The molecule has 2 saturated carbocycles. The van der Waals surface area contributed by atoms with Crippen molar-refractivity contribution in [3.8, 4) is 0 Å². The molecule has 0 amide bonds. The van der Waals surface area contributed by atoms with Crippen molar-refractivity contribution in [1.82, 2.24) is 0 Å². The topological polar surface area (TPSA) is 17.1 Å². The molecule has 0 unspecified atom stereocenters. The van der Waals surface area contributed by atoms with Crippen LogP contribution in [-0.4, -0.2) is 5.78 Å². The van der Waals surface area contributed by atoms with E-state index in [0.29, 0.717) is 0 Å². The van der Waals surface area contributed by atoms with E-state index in [2.05, 4.69) is 6.92 Å². The van der Waals surface area contributed by atoms with Gasteiger partial charge in [-0.1, -0.05) is 44.7 Å². The molecule has 0 aliphatic heterocycles. The Labute approximate surface area is 171 Å². The lowest BCUT2D eigenvalue weighted by molar-refractivity contribution is -0.139. The molecule has 0 radical (unpaired) electrons. The largest absolute Gasteiger partial charge is 0.337 e. The van der Waals surface area contributed by atoms with Gasteiger partial charge in [0.25, 0.3) is 0 Å². The van der Waals surface area contributed by atoms with Gasteiger partial charge in [-0.3, -0.25) is 4.79 Å². The number of fused-ring (bicyclic) bond motifs is 1. The molecular formula is C25H31F3O. The molecule has 4 heteroatoms. The maximum Gasteiger partial charge on any atom is 0.337 e. The Bertz CT molecular complexity index is 782. The Balaban J connectivity index is 1.41. The summed E-state index contributed by atoms with van der Waals surface area (Å²) in [4.78, 5) is 11.5. The second kappa shape index (κ2) is 8.28. The van der Waals surface area contributed by atoms with Gasteiger partial charge in [-0.05, 0) is 85.5 Å². The van der Waals surface area contributed by atoms with Gasteiger partial charge < -0.3 is 0 Å². The maximum absolute atomic E-state index is 14.6. The SMILES string of the molecule is CCCC1CCC(C2CCC(c3cc(F)c4c(c3)C=CC(=O)C4(F)F)CC2)CC1. The monoisotopic (exact) mass is 404 g/mol. The first-order valence-electron chi connectivity index (χ1n) is 11.3. The van der Waals surface area contributed by atoms with Crippen LogP contribution in [0.4, 0.5) is 13.2 Å². The van der Waals surface area contributed by atoms with Crippen molar-refractivity contribution in [2.45, 2.75) is 83.0 Å². The molecule has 3 aliphatic rings. The highest BCUT2D eigenvalue weighted by Gasteiger charge is 2.45. The molecule has 0 spiro atoms. The molecule has 1 aromatic carbocycles. The number of hydrogen-bond acceptors (Lipinski definition) is 1. The van der Waals surface area contributed by atoms with E-state index in [1.807, 2.05) is 0 Å². The van der Waals surface area contributed by atoms with Crippen molar-refractivity contribution < 1.29 is 18.0 Å². The summed E-state index contributed by atoms with van der Waals surface area (Å²) in [6.07, 6.45) is 14.6. The number of allylic oxidation sites excluding steroid dienone is 1. The molecule has 29 heavy (non-hydrogen) atoms. The first-order valence-corrected chi connectivity index (χ1v) is 11.3. The average Bonchev–Trinajstić information content (AvgIpc) is 2.71. The lowest BCUT2D eigenvalue weighted by Crippen LogP contribution is -2.29. The summed E-state index contributed by atoms with van der Waals surface area (Å²) in [5.74, 6) is -3.32. The van der Waals surface area contributed by atoms with Crippen LogP contribution >= 0.6 is 0 Å². The number of carbonyl (C=O) groups is 1. The molecule has 158 valence electrons. The summed E-state index contributed by atoms with van der Waals surface area (Å²) in [6.45, 7) is 2.27. The fourth-order valence-corrected chi connectivity index (χ4v) is 6.02. The zero-order valence-electron chi connectivity index (χ0n) is 17.2. The van der Waals surface area contributed by atoms with E-state index in [4.69, 9.17) is 0 Å². The van der Waals surface area contributed by atoms with Crippen LogP contribution < -0.4 is 0 Å². The van der Waals surface area contributed by atoms with Gasteiger partial charge in [0.2, 0.25) is 5.78 Å². The standard InChI is InChI=1S/C25H31F3O/c1-2-3-16-4-6-17(7-5-16)18-8-10-19(11-9-18)21-14-20-12-13-23(29)25(27,28)24(20)22(26)15-21/h12-19H,2-11H2,1H3. The predicted molar refractivity (Wildman–Crippen MR) is 109 cm³/mol. The normalized spacial score (nSPS) is 31.5. The highest BCUT2D eigenvalue weighted by atomic mass is 19.3. The highest BCUT2D eigenvalue weighted by Crippen LogP contribution is 2.46. The highest BCUT2D eigenvalue weighted by molar-refractivity contribution is 6.02. The third kappa shape index (κ3) is 4.04. The number of benzene rings is 1. The van der Waals surface area contributed by atoms with Crippen molar-refractivity contribution in [2.24, 2.45) is 17.8 Å². The summed E-state index contributed by atoms with van der Waals surface area (Å²) in [5, 5.41) is 0. The fourth-order valence-electron chi connectivity index (χ4n) is 6.02. The molecule has 0 bridgehead atoms. The Kier molecular flexibility index (Phi) is 5.90. The smallest absolute Gasteiger partial charge is 0.288 e. The minimum Gasteiger partial charge on any atom is -0.288 e. The Morgan fingerprint density at radius 3 is 2.17 bits per heavy atom. The van der Waals surface area contributed by atoms with Crippen LogP contribution in [0.25, 0.3) is 6.08 Å². The van der Waals surface area contributed by atoms with E-state index in [1.165, 1.54) is 50.7 Å². The Morgan fingerprint density at radius 2 is 1.55 bits per heavy atom. The number of carbonyl (C=O) groups excluding carboxylic acids is 1. The number of rotatable bonds is 4. The molecule has 3 aliphatic carbocycles. The van der Waals surface area contributed by atoms with E-state index in [9.17, 15) is 18.0 Å². The van der Waals surface area contributed by atoms with Gasteiger partial charge in [0.05, 0.1) is 5.56 Å². The second-order valence-electron chi connectivity index (χ2n) is 9.42. The summed E-state index contributed by atoms with van der Waals surface area (Å²) in [6, 6.07) is 2.93. The number of ketones is 1. The van der Waals surface area contributed by atoms with Crippen molar-refractivity contribution >= 4 is 11.9 Å². The first-order chi connectivity index (χ1) is 13.9. The molecule has 0 atom stereocenters. The number of hydrogen-bond donors (Lipinski definition) is 0. The molecule has 0 aromatic heterocycles. The summed E-state index contributed by atoms with van der Waals surface area (Å²) >= 11 is 0. The molecule has 0 heterocycles. The Morgan fingerprint density at radius 1 is 0.931 bits per heavy atom. The molecule has 1 aromatic rings. The van der Waals surface area contributed by atoms with Crippen LogP contribution in [0, 0.1) is 23.6 Å². The summed E-state index contributed by atoms with van der Waals surface area (Å²) in [7, 11) is 0. The summed E-state index contributed by atoms with van der Waals surface area (Å²) in [5.41, 5.74) is 0.202. The molecule has 2 fully saturated rings. The quantitative estimate of drug-likeness (QED) is 0.511. The van der Waals surface area contributed by atoms with E-state index >= 15 is 0 Å². The minimum absolute atomic E-state index is 0.154. The van der Waals surface area contributed by atoms with Gasteiger partial charge in [0.15, 0.2) is 0 Å². The van der Waals surface area contributed by atoms with E-state index in [-0.39, 0.29) is 11.5 Å². The lowest BCUT2D eigenvalue weighted by Gasteiger charge is -2.38. The third-order valence-corrected chi connectivity index (χ3v) is 7.68. The first kappa shape index (κ1) is 20.7. The van der Waals surface area contributed by atoms with Crippen LogP contribution in [0.3, 0.4) is 0 Å². The summed E-state index contributed by atoms with van der Waals surface area (Å²) < 4.78 is 42.8. The Hall–Kier alpha value is -1.58. The molecule has 0 saturated heterocycles. The number of alkyl halides is 2. The van der Waals surface area contributed by atoms with E-state index < -0.39 is 23.1 Å². The lowest BCUT2D eigenvalue weighted by atomic mass is 9.68. The molecule has 1 nitrogen and oxygen atoms in total. The molecular weight excluding hydrogens is 373 g/mol. The molecule has 0 N–H and O–H groups in total. The van der Waals surface area contributed by atoms with Gasteiger partial charge in [-0.25, -0.2) is 4.39 Å². The number of halogens is 3. The van der Waals surface area contributed by atoms with Gasteiger partial charge >= 0.3 is 5.92 Å². The van der Waals surface area contributed by atoms with Crippen molar-refractivity contribution in [1.29, 1.82) is 0 Å². The van der Waals surface area contributed by atoms with Gasteiger partial charge in [0, 0.05) is 0 Å². The molecule has 4 rings (SSSR count). The van der Waals surface area contributed by atoms with E-state index in [0.717, 1.165) is 55.1 Å². The average molecular weight is 405 g/mol. The van der Waals surface area contributed by atoms with Crippen LogP contribution in [0.15, 0.2) is 18.2 Å². The van der Waals surface area contributed by atoms with Gasteiger partial charge in [-0.15, -0.1) is 0 Å².